The van der Waals surface area contributed by atoms with Gasteiger partial charge in [-0.2, -0.15) is 0 Å². The van der Waals surface area contributed by atoms with Crippen LogP contribution in [-0.2, 0) is 11.3 Å². The lowest BCUT2D eigenvalue weighted by Gasteiger charge is -2.07. The molecule has 0 spiro atoms. The third-order valence-corrected chi connectivity index (χ3v) is 3.99. The molecule has 7 nitrogen and oxygen atoms in total. The summed E-state index contributed by atoms with van der Waals surface area (Å²) in [6, 6.07) is 12.0. The summed E-state index contributed by atoms with van der Waals surface area (Å²) in [5.74, 6) is -3.87. The zero-order valence-electron chi connectivity index (χ0n) is 15.9. The molecule has 3 N–H and O–H groups in total. The first-order valence-corrected chi connectivity index (χ1v) is 8.95. The lowest BCUT2D eigenvalue weighted by molar-refractivity contribution is -0.115. The van der Waals surface area contributed by atoms with E-state index in [1.165, 1.54) is 12.1 Å². The van der Waals surface area contributed by atoms with Crippen molar-refractivity contribution < 1.29 is 22.8 Å². The first-order chi connectivity index (χ1) is 14.9. The minimum atomic E-state index is -0.858. The Balaban J connectivity index is 1.59. The van der Waals surface area contributed by atoms with Crippen LogP contribution >= 0.6 is 0 Å². The van der Waals surface area contributed by atoms with Crippen molar-refractivity contribution in [2.24, 2.45) is 4.99 Å². The Bertz CT molecular complexity index is 1100. The third-order valence-electron chi connectivity index (χ3n) is 3.99. The van der Waals surface area contributed by atoms with Crippen molar-refractivity contribution in [3.63, 3.8) is 0 Å². The van der Waals surface area contributed by atoms with Gasteiger partial charge in [0.2, 0.25) is 0 Å². The van der Waals surface area contributed by atoms with Crippen LogP contribution in [0.4, 0.5) is 24.5 Å². The number of rotatable bonds is 7. The molecular formula is C21H16F3N5O2. The second-order valence-electron chi connectivity index (χ2n) is 6.17. The van der Waals surface area contributed by atoms with Gasteiger partial charge in [-0.3, -0.25) is 25.0 Å². The van der Waals surface area contributed by atoms with E-state index < -0.39 is 29.3 Å². The molecule has 0 saturated heterocycles. The molecule has 0 aliphatic rings. The molecule has 0 atom stereocenters. The van der Waals surface area contributed by atoms with E-state index >= 15 is 0 Å². The summed E-state index contributed by atoms with van der Waals surface area (Å²) in [4.78, 5) is 31.4. The molecule has 0 bridgehead atoms. The van der Waals surface area contributed by atoms with E-state index in [0.29, 0.717) is 5.69 Å². The van der Waals surface area contributed by atoms with Gasteiger partial charge in [0.1, 0.15) is 17.5 Å². The number of hydrazine groups is 1. The quantitative estimate of drug-likeness (QED) is 0.398. The van der Waals surface area contributed by atoms with E-state index in [2.05, 4.69) is 26.1 Å². The van der Waals surface area contributed by atoms with E-state index in [1.807, 2.05) is 0 Å². The highest BCUT2D eigenvalue weighted by atomic mass is 19.1. The molecule has 3 rings (SSSR count). The maximum atomic E-state index is 14.0. The Hall–Kier alpha value is -4.05. The number of aromatic nitrogens is 1. The van der Waals surface area contributed by atoms with Crippen LogP contribution in [0.5, 0.6) is 0 Å². The van der Waals surface area contributed by atoms with Crippen molar-refractivity contribution in [2.45, 2.75) is 6.54 Å². The highest BCUT2D eigenvalue weighted by Gasteiger charge is 2.13. The highest BCUT2D eigenvalue weighted by Crippen LogP contribution is 2.19. The van der Waals surface area contributed by atoms with Gasteiger partial charge in [-0.15, -0.1) is 0 Å². The summed E-state index contributed by atoms with van der Waals surface area (Å²) in [6.07, 6.45) is 2.57. The molecule has 10 heteroatoms. The average molecular weight is 427 g/mol. The predicted octanol–water partition coefficient (Wildman–Crippen LogP) is 3.27. The van der Waals surface area contributed by atoms with Crippen LogP contribution in [0.1, 0.15) is 15.9 Å². The second kappa shape index (κ2) is 10.1. The van der Waals surface area contributed by atoms with Crippen LogP contribution in [-0.4, -0.2) is 23.0 Å². The van der Waals surface area contributed by atoms with Crippen molar-refractivity contribution in [3.05, 3.63) is 89.5 Å². The topological polar surface area (TPSA) is 95.5 Å². The van der Waals surface area contributed by atoms with Crippen LogP contribution in [0, 0.1) is 17.5 Å². The lowest BCUT2D eigenvalue weighted by Crippen LogP contribution is -2.37. The highest BCUT2D eigenvalue weighted by molar-refractivity contribution is 6.26. The molecule has 0 radical (unpaired) electrons. The van der Waals surface area contributed by atoms with E-state index in [-0.39, 0.29) is 23.4 Å². The maximum Gasteiger partial charge on any atom is 0.276 e. The van der Waals surface area contributed by atoms with Gasteiger partial charge < -0.3 is 5.32 Å². The average Bonchev–Trinajstić information content (AvgIpc) is 2.76. The Morgan fingerprint density at radius 1 is 0.968 bits per heavy atom. The number of anilines is 1. The molecular weight excluding hydrogens is 411 g/mol. The number of hydrogen-bond donors (Lipinski definition) is 3. The third kappa shape index (κ3) is 5.97. The normalized spacial score (nSPS) is 10.8. The second-order valence-corrected chi connectivity index (χ2v) is 6.17. The number of pyridine rings is 1. The molecule has 1 aromatic heterocycles. The van der Waals surface area contributed by atoms with Crippen molar-refractivity contribution >= 4 is 29.4 Å². The number of para-hydroxylation sites is 1. The SMILES string of the molecule is O=C(C=Nc1ccc(F)c(C(=O)Nc2ccccc2)c1)NNCc1c(F)cncc1F. The largest absolute Gasteiger partial charge is 0.322 e. The van der Waals surface area contributed by atoms with Crippen LogP contribution < -0.4 is 16.2 Å². The van der Waals surface area contributed by atoms with Gasteiger partial charge in [0, 0.05) is 17.8 Å². The Morgan fingerprint density at radius 2 is 1.68 bits per heavy atom. The lowest BCUT2D eigenvalue weighted by atomic mass is 10.1. The van der Waals surface area contributed by atoms with Gasteiger partial charge in [-0.1, -0.05) is 18.2 Å². The van der Waals surface area contributed by atoms with Crippen molar-refractivity contribution in [3.8, 4) is 0 Å². The summed E-state index contributed by atoms with van der Waals surface area (Å²) in [7, 11) is 0. The van der Waals surface area contributed by atoms with E-state index in [1.54, 1.807) is 30.3 Å². The summed E-state index contributed by atoms with van der Waals surface area (Å²) >= 11 is 0. The van der Waals surface area contributed by atoms with Crippen LogP contribution in [0.15, 0.2) is 65.9 Å². The summed E-state index contributed by atoms with van der Waals surface area (Å²) in [5, 5.41) is 2.56. The number of hydrogen-bond acceptors (Lipinski definition) is 5. The maximum absolute atomic E-state index is 14.0. The zero-order chi connectivity index (χ0) is 22.2. The number of carbonyl (C=O) groups excluding carboxylic acids is 2. The van der Waals surface area contributed by atoms with Gasteiger partial charge in [0.05, 0.1) is 29.9 Å². The van der Waals surface area contributed by atoms with E-state index in [4.69, 9.17) is 0 Å². The van der Waals surface area contributed by atoms with Crippen molar-refractivity contribution in [2.75, 3.05) is 5.32 Å². The monoisotopic (exact) mass is 427 g/mol. The Morgan fingerprint density at radius 3 is 2.39 bits per heavy atom. The van der Waals surface area contributed by atoms with Crippen molar-refractivity contribution in [1.82, 2.24) is 15.8 Å². The molecule has 0 unspecified atom stereocenters. The minimum Gasteiger partial charge on any atom is -0.322 e. The van der Waals surface area contributed by atoms with Crippen LogP contribution in [0.2, 0.25) is 0 Å². The molecule has 2 amide bonds. The number of halogens is 3. The first kappa shape index (κ1) is 21.7. The summed E-state index contributed by atoms with van der Waals surface area (Å²) < 4.78 is 41.0. The Labute approximate surface area is 175 Å². The van der Waals surface area contributed by atoms with Gasteiger partial charge in [-0.25, -0.2) is 18.6 Å². The number of aliphatic imine (C=N–C) groups is 1. The smallest absolute Gasteiger partial charge is 0.276 e. The number of benzene rings is 2. The molecule has 158 valence electrons. The van der Waals surface area contributed by atoms with E-state index in [0.717, 1.165) is 24.7 Å². The first-order valence-electron chi connectivity index (χ1n) is 8.95. The van der Waals surface area contributed by atoms with Gasteiger partial charge in [-0.05, 0) is 30.3 Å². The van der Waals surface area contributed by atoms with Crippen LogP contribution in [0.25, 0.3) is 0 Å². The van der Waals surface area contributed by atoms with Gasteiger partial charge in [0.15, 0.2) is 0 Å². The molecule has 3 aromatic rings. The molecule has 0 saturated carbocycles. The molecule has 31 heavy (non-hydrogen) atoms. The van der Waals surface area contributed by atoms with Gasteiger partial charge in [0.25, 0.3) is 11.8 Å². The fourth-order valence-electron chi connectivity index (χ4n) is 2.48. The predicted molar refractivity (Wildman–Crippen MR) is 108 cm³/mol. The number of nitrogens with one attached hydrogen (secondary N) is 3. The molecule has 1 heterocycles. The van der Waals surface area contributed by atoms with E-state index in [9.17, 15) is 22.8 Å². The summed E-state index contributed by atoms with van der Waals surface area (Å²) in [6.45, 7) is -0.319. The molecule has 0 fully saturated rings. The molecule has 0 aliphatic heterocycles. The molecule has 2 aromatic carbocycles. The molecule has 0 aliphatic carbocycles. The summed E-state index contributed by atoms with van der Waals surface area (Å²) in [5.41, 5.74) is 4.66. The zero-order valence-corrected chi connectivity index (χ0v) is 15.9. The fourth-order valence-corrected chi connectivity index (χ4v) is 2.48. The fraction of sp³-hybridized carbons (Fsp3) is 0.0476. The minimum absolute atomic E-state index is 0.154. The van der Waals surface area contributed by atoms with Crippen molar-refractivity contribution in [1.29, 1.82) is 0 Å². The number of carbonyl (C=O) groups is 2. The number of nitrogens with zero attached hydrogens (tertiary/aromatic N) is 2. The Kier molecular flexibility index (Phi) is 7.07. The van der Waals surface area contributed by atoms with Gasteiger partial charge >= 0.3 is 0 Å². The standard InChI is InChI=1S/C21H16F3N5O2/c22-17-7-6-14(8-15(17)21(31)28-13-4-2-1-3-5-13)26-12-20(30)29-27-9-16-18(23)10-25-11-19(16)24/h1-8,10-12,27H,9H2,(H,28,31)(H,29,30). The number of amides is 2. The van der Waals surface area contributed by atoms with Crippen LogP contribution in [0.3, 0.4) is 0 Å².